The molecule has 8 heteroatoms. The molecule has 0 aliphatic carbocycles. The molecule has 0 saturated carbocycles. The molecule has 0 bridgehead atoms. The number of hydrogen-bond acceptors (Lipinski definition) is 5. The van der Waals surface area contributed by atoms with Gasteiger partial charge in [-0.2, -0.15) is 0 Å². The predicted octanol–water partition coefficient (Wildman–Crippen LogP) is 5.64. The van der Waals surface area contributed by atoms with Gasteiger partial charge in [-0.15, -0.1) is 0 Å². The van der Waals surface area contributed by atoms with Crippen LogP contribution in [0.3, 0.4) is 0 Å². The molecule has 0 atom stereocenters. The van der Waals surface area contributed by atoms with Crippen LogP contribution in [-0.4, -0.2) is 20.9 Å². The van der Waals surface area contributed by atoms with Gasteiger partial charge < -0.3 is 10.6 Å². The molecule has 31 heavy (non-hydrogen) atoms. The first-order valence-corrected chi connectivity index (χ1v) is 9.75. The fourth-order valence-electron chi connectivity index (χ4n) is 2.89. The van der Waals surface area contributed by atoms with E-state index in [1.54, 1.807) is 36.8 Å². The van der Waals surface area contributed by atoms with Crippen molar-refractivity contribution in [3.8, 4) is 11.3 Å². The SMILES string of the molecule is Cc1ccc(C(=O)Nc2ccc(F)c(Cl)c2)cc1Nc1nccc(-c2cccnc2)n1. The molecule has 0 aliphatic heterocycles. The summed E-state index contributed by atoms with van der Waals surface area (Å²) in [6.07, 6.45) is 5.08. The van der Waals surface area contributed by atoms with E-state index < -0.39 is 5.82 Å². The molecule has 0 spiro atoms. The van der Waals surface area contributed by atoms with Crippen molar-refractivity contribution in [2.45, 2.75) is 6.92 Å². The Balaban J connectivity index is 1.55. The molecule has 0 aliphatic rings. The van der Waals surface area contributed by atoms with Gasteiger partial charge in [0.2, 0.25) is 5.95 Å². The van der Waals surface area contributed by atoms with Gasteiger partial charge in [0, 0.05) is 41.1 Å². The smallest absolute Gasteiger partial charge is 0.255 e. The molecule has 4 rings (SSSR count). The lowest BCUT2D eigenvalue weighted by Crippen LogP contribution is -2.12. The summed E-state index contributed by atoms with van der Waals surface area (Å²) < 4.78 is 13.3. The van der Waals surface area contributed by atoms with Gasteiger partial charge in [-0.3, -0.25) is 9.78 Å². The fourth-order valence-corrected chi connectivity index (χ4v) is 3.07. The first-order valence-electron chi connectivity index (χ1n) is 9.37. The van der Waals surface area contributed by atoms with Crippen LogP contribution in [0.25, 0.3) is 11.3 Å². The number of rotatable bonds is 5. The van der Waals surface area contributed by atoms with Crippen molar-refractivity contribution in [1.82, 2.24) is 15.0 Å². The van der Waals surface area contributed by atoms with Crippen LogP contribution in [0.1, 0.15) is 15.9 Å². The standard InChI is InChI=1S/C23H17ClFN5O/c1-14-4-5-15(22(31)28-17-6-7-19(25)18(24)12-17)11-21(14)30-23-27-10-8-20(29-23)16-3-2-9-26-13-16/h2-13H,1H3,(H,28,31)(H,27,29,30). The first kappa shape index (κ1) is 20.4. The molecule has 2 aromatic heterocycles. The third-order valence-corrected chi connectivity index (χ3v) is 4.83. The lowest BCUT2D eigenvalue weighted by atomic mass is 10.1. The van der Waals surface area contributed by atoms with Crippen molar-refractivity contribution in [3.63, 3.8) is 0 Å². The van der Waals surface area contributed by atoms with Crippen molar-refractivity contribution in [1.29, 1.82) is 0 Å². The van der Waals surface area contributed by atoms with Gasteiger partial charge in [0.25, 0.3) is 5.91 Å². The molecular weight excluding hydrogens is 417 g/mol. The Hall–Kier alpha value is -3.84. The highest BCUT2D eigenvalue weighted by atomic mass is 35.5. The number of carbonyl (C=O) groups is 1. The first-order chi connectivity index (χ1) is 15.0. The highest BCUT2D eigenvalue weighted by Gasteiger charge is 2.11. The van der Waals surface area contributed by atoms with E-state index in [1.165, 1.54) is 18.2 Å². The number of halogens is 2. The van der Waals surface area contributed by atoms with Crippen molar-refractivity contribution in [3.05, 3.63) is 95.2 Å². The number of pyridine rings is 1. The van der Waals surface area contributed by atoms with Gasteiger partial charge in [-0.25, -0.2) is 14.4 Å². The third-order valence-electron chi connectivity index (χ3n) is 4.54. The van der Waals surface area contributed by atoms with Crippen molar-refractivity contribution in [2.75, 3.05) is 10.6 Å². The summed E-state index contributed by atoms with van der Waals surface area (Å²) in [4.78, 5) is 25.6. The van der Waals surface area contributed by atoms with E-state index >= 15 is 0 Å². The van der Waals surface area contributed by atoms with E-state index in [-0.39, 0.29) is 10.9 Å². The van der Waals surface area contributed by atoms with Crippen LogP contribution in [0, 0.1) is 12.7 Å². The minimum Gasteiger partial charge on any atom is -0.324 e. The van der Waals surface area contributed by atoms with Crippen molar-refractivity contribution < 1.29 is 9.18 Å². The highest BCUT2D eigenvalue weighted by molar-refractivity contribution is 6.31. The average Bonchev–Trinajstić information content (AvgIpc) is 2.78. The van der Waals surface area contributed by atoms with Crippen LogP contribution in [0.5, 0.6) is 0 Å². The van der Waals surface area contributed by atoms with Crippen LogP contribution in [-0.2, 0) is 0 Å². The van der Waals surface area contributed by atoms with E-state index in [0.717, 1.165) is 16.8 Å². The summed E-state index contributed by atoms with van der Waals surface area (Å²) in [6, 6.07) is 14.8. The van der Waals surface area contributed by atoms with E-state index in [9.17, 15) is 9.18 Å². The minimum atomic E-state index is -0.546. The summed E-state index contributed by atoms with van der Waals surface area (Å²) in [5, 5.41) is 5.82. The Morgan fingerprint density at radius 1 is 1.06 bits per heavy atom. The Kier molecular flexibility index (Phi) is 5.86. The fraction of sp³-hybridized carbons (Fsp3) is 0.0435. The van der Waals surface area contributed by atoms with Crippen LogP contribution in [0.15, 0.2) is 73.2 Å². The second kappa shape index (κ2) is 8.89. The Morgan fingerprint density at radius 3 is 2.71 bits per heavy atom. The second-order valence-corrected chi connectivity index (χ2v) is 7.15. The van der Waals surface area contributed by atoms with Crippen molar-refractivity contribution >= 4 is 34.8 Å². The van der Waals surface area contributed by atoms with Crippen LogP contribution < -0.4 is 10.6 Å². The lowest BCUT2D eigenvalue weighted by Gasteiger charge is -2.12. The van der Waals surface area contributed by atoms with E-state index in [4.69, 9.17) is 11.6 Å². The maximum absolute atomic E-state index is 13.3. The number of nitrogens with zero attached hydrogens (tertiary/aromatic N) is 3. The normalized spacial score (nSPS) is 10.5. The number of amides is 1. The molecule has 2 heterocycles. The molecule has 0 unspecified atom stereocenters. The summed E-state index contributed by atoms with van der Waals surface area (Å²) in [7, 11) is 0. The number of hydrogen-bond donors (Lipinski definition) is 2. The molecule has 0 radical (unpaired) electrons. The molecule has 2 N–H and O–H groups in total. The minimum absolute atomic E-state index is 0.0605. The molecule has 1 amide bonds. The number of carbonyl (C=O) groups excluding carboxylic acids is 1. The molecule has 154 valence electrons. The summed E-state index contributed by atoms with van der Waals surface area (Å²) in [5.41, 5.74) is 4.02. The van der Waals surface area contributed by atoms with E-state index in [1.807, 2.05) is 25.1 Å². The number of aryl methyl sites for hydroxylation is 1. The molecule has 4 aromatic rings. The highest BCUT2D eigenvalue weighted by Crippen LogP contribution is 2.24. The lowest BCUT2D eigenvalue weighted by molar-refractivity contribution is 0.102. The van der Waals surface area contributed by atoms with Gasteiger partial charge >= 0.3 is 0 Å². The molecule has 2 aromatic carbocycles. The molecular formula is C23H17ClFN5O. The number of nitrogens with one attached hydrogen (secondary N) is 2. The van der Waals surface area contributed by atoms with Crippen LogP contribution >= 0.6 is 11.6 Å². The van der Waals surface area contributed by atoms with Gasteiger partial charge in [0.1, 0.15) is 5.82 Å². The largest absolute Gasteiger partial charge is 0.324 e. The zero-order valence-electron chi connectivity index (χ0n) is 16.4. The van der Waals surface area contributed by atoms with Gasteiger partial charge in [-0.05, 0) is 61.0 Å². The Morgan fingerprint density at radius 2 is 1.94 bits per heavy atom. The van der Waals surface area contributed by atoms with Crippen molar-refractivity contribution in [2.24, 2.45) is 0 Å². The molecule has 0 saturated heterocycles. The number of benzene rings is 2. The number of aromatic nitrogens is 3. The third kappa shape index (κ3) is 4.84. The quantitative estimate of drug-likeness (QED) is 0.426. The predicted molar refractivity (Wildman–Crippen MR) is 119 cm³/mol. The van der Waals surface area contributed by atoms with Crippen LogP contribution in [0.4, 0.5) is 21.7 Å². The number of anilines is 3. The maximum atomic E-state index is 13.3. The zero-order valence-corrected chi connectivity index (χ0v) is 17.2. The monoisotopic (exact) mass is 433 g/mol. The van der Waals surface area contributed by atoms with E-state index in [2.05, 4.69) is 25.6 Å². The topological polar surface area (TPSA) is 79.8 Å². The van der Waals surface area contributed by atoms with Gasteiger partial charge in [0.05, 0.1) is 10.7 Å². The Bertz CT molecular complexity index is 1250. The summed E-state index contributed by atoms with van der Waals surface area (Å²) >= 11 is 5.78. The maximum Gasteiger partial charge on any atom is 0.255 e. The average molecular weight is 434 g/mol. The van der Waals surface area contributed by atoms with Crippen LogP contribution in [0.2, 0.25) is 5.02 Å². The summed E-state index contributed by atoms with van der Waals surface area (Å²) in [6.45, 7) is 1.91. The van der Waals surface area contributed by atoms with E-state index in [0.29, 0.717) is 22.9 Å². The van der Waals surface area contributed by atoms with Gasteiger partial charge in [0.15, 0.2) is 0 Å². The molecule has 6 nitrogen and oxygen atoms in total. The zero-order chi connectivity index (χ0) is 21.8. The van der Waals surface area contributed by atoms with Gasteiger partial charge in [-0.1, -0.05) is 17.7 Å². The molecule has 0 fully saturated rings. The summed E-state index contributed by atoms with van der Waals surface area (Å²) in [5.74, 6) is -0.502. The second-order valence-electron chi connectivity index (χ2n) is 6.74. The Labute approximate surface area is 183 Å².